The van der Waals surface area contributed by atoms with Crippen molar-refractivity contribution in [3.8, 4) is 11.3 Å². The minimum Gasteiger partial charge on any atom is -0.256 e. The Morgan fingerprint density at radius 3 is 2.76 bits per heavy atom. The van der Waals surface area contributed by atoms with Crippen LogP contribution in [0, 0.1) is 0 Å². The number of hydrogen-bond donors (Lipinski definition) is 0. The number of benzene rings is 1. The van der Waals surface area contributed by atoms with Gasteiger partial charge >= 0.3 is 0 Å². The first kappa shape index (κ1) is 17.4. The van der Waals surface area contributed by atoms with Gasteiger partial charge in [0.15, 0.2) is 5.65 Å². The fourth-order valence-corrected chi connectivity index (χ4v) is 3.66. The molecule has 4 heterocycles. The molecule has 0 aliphatic carbocycles. The quantitative estimate of drug-likeness (QED) is 0.450. The lowest BCUT2D eigenvalue weighted by Gasteiger charge is -2.05. The highest BCUT2D eigenvalue weighted by atomic mass is 32.2. The van der Waals surface area contributed by atoms with Crippen LogP contribution >= 0.6 is 0 Å². The SMILES string of the molecule is CS(=O)(=O)n1cc(-c2ccc3nnn(Cc4ccc5ncccc5c4)c3n2)cn1. The monoisotopic (exact) mass is 405 g/mol. The topological polar surface area (TPSA) is 108 Å². The van der Waals surface area contributed by atoms with Crippen molar-refractivity contribution < 1.29 is 8.42 Å². The van der Waals surface area contributed by atoms with Crippen molar-refractivity contribution in [1.29, 1.82) is 0 Å². The molecule has 0 saturated carbocycles. The van der Waals surface area contributed by atoms with E-state index in [9.17, 15) is 8.42 Å². The number of rotatable bonds is 4. The fourth-order valence-electron chi connectivity index (χ4n) is 3.14. The summed E-state index contributed by atoms with van der Waals surface area (Å²) in [7, 11) is -3.45. The molecule has 5 aromatic rings. The van der Waals surface area contributed by atoms with E-state index in [0.717, 1.165) is 26.8 Å². The van der Waals surface area contributed by atoms with E-state index in [1.165, 1.54) is 12.4 Å². The highest BCUT2D eigenvalue weighted by Gasteiger charge is 2.13. The number of hydrogen-bond acceptors (Lipinski definition) is 7. The third kappa shape index (κ3) is 3.23. The molecule has 0 aliphatic heterocycles. The molecule has 9 nitrogen and oxygen atoms in total. The van der Waals surface area contributed by atoms with Gasteiger partial charge in [-0.25, -0.2) is 18.1 Å². The minimum atomic E-state index is -3.45. The Bertz CT molecular complexity index is 1470. The Hall–Kier alpha value is -3.66. The molecule has 0 bridgehead atoms. The lowest BCUT2D eigenvalue weighted by Crippen LogP contribution is -2.09. The van der Waals surface area contributed by atoms with Gasteiger partial charge in [0.05, 0.1) is 36.4 Å². The van der Waals surface area contributed by atoms with Crippen LogP contribution in [0.25, 0.3) is 33.3 Å². The van der Waals surface area contributed by atoms with Gasteiger partial charge in [-0.05, 0) is 35.9 Å². The largest absolute Gasteiger partial charge is 0.256 e. The first-order valence-corrected chi connectivity index (χ1v) is 10.6. The number of nitrogens with zero attached hydrogens (tertiary/aromatic N) is 7. The normalized spacial score (nSPS) is 12.0. The number of fused-ring (bicyclic) bond motifs is 2. The molecule has 29 heavy (non-hydrogen) atoms. The molecule has 0 unspecified atom stereocenters. The summed E-state index contributed by atoms with van der Waals surface area (Å²) in [6, 6.07) is 13.5. The summed E-state index contributed by atoms with van der Waals surface area (Å²) in [6.45, 7) is 0.500. The maximum absolute atomic E-state index is 11.7. The lowest BCUT2D eigenvalue weighted by molar-refractivity contribution is 0.586. The van der Waals surface area contributed by atoms with Crippen LogP contribution in [0.5, 0.6) is 0 Å². The number of aromatic nitrogens is 7. The second kappa shape index (κ2) is 6.45. The summed E-state index contributed by atoms with van der Waals surface area (Å²) in [5.74, 6) is 0. The predicted octanol–water partition coefficient (Wildman–Crippen LogP) is 2.09. The Balaban J connectivity index is 1.53. The molecule has 0 amide bonds. The molecule has 10 heteroatoms. The van der Waals surface area contributed by atoms with E-state index < -0.39 is 10.0 Å². The Labute approximate surface area is 165 Å². The molecule has 0 fully saturated rings. The molecule has 0 saturated heterocycles. The third-order valence-electron chi connectivity index (χ3n) is 4.55. The van der Waals surface area contributed by atoms with Crippen LogP contribution in [-0.2, 0) is 16.6 Å². The van der Waals surface area contributed by atoms with Crippen molar-refractivity contribution in [3.05, 3.63) is 66.6 Å². The van der Waals surface area contributed by atoms with Crippen LogP contribution in [0.2, 0.25) is 0 Å². The lowest BCUT2D eigenvalue weighted by atomic mass is 10.1. The van der Waals surface area contributed by atoms with Crippen LogP contribution in [0.1, 0.15) is 5.56 Å². The standard InChI is InChI=1S/C19H15N7O2S/c1-29(27,28)26-12-15(10-21-26)17-6-7-18-19(22-17)25(24-23-18)11-13-4-5-16-14(9-13)3-2-8-20-16/h2-10,12H,11H2,1H3. The maximum Gasteiger partial charge on any atom is 0.250 e. The van der Waals surface area contributed by atoms with Crippen molar-refractivity contribution in [2.45, 2.75) is 6.54 Å². The van der Waals surface area contributed by atoms with E-state index >= 15 is 0 Å². The molecular formula is C19H15N7O2S. The average Bonchev–Trinajstić information content (AvgIpc) is 3.35. The zero-order valence-corrected chi connectivity index (χ0v) is 16.2. The van der Waals surface area contributed by atoms with E-state index in [0.29, 0.717) is 29.0 Å². The average molecular weight is 405 g/mol. The highest BCUT2D eigenvalue weighted by molar-refractivity contribution is 7.89. The van der Waals surface area contributed by atoms with E-state index in [2.05, 4.69) is 31.4 Å². The first-order chi connectivity index (χ1) is 14.0. The maximum atomic E-state index is 11.7. The summed E-state index contributed by atoms with van der Waals surface area (Å²) in [4.78, 5) is 8.97. The Kier molecular flexibility index (Phi) is 3.88. The molecule has 5 rings (SSSR count). The van der Waals surface area contributed by atoms with Crippen molar-refractivity contribution >= 4 is 32.1 Å². The summed E-state index contributed by atoms with van der Waals surface area (Å²) < 4.78 is 25.9. The molecule has 0 aliphatic rings. The molecule has 0 atom stereocenters. The van der Waals surface area contributed by atoms with Gasteiger partial charge in [0.1, 0.15) is 5.52 Å². The van der Waals surface area contributed by atoms with E-state index in [1.54, 1.807) is 16.9 Å². The van der Waals surface area contributed by atoms with Gasteiger partial charge in [0, 0.05) is 17.1 Å². The molecule has 1 aromatic carbocycles. The van der Waals surface area contributed by atoms with Gasteiger partial charge in [0.25, 0.3) is 10.0 Å². The van der Waals surface area contributed by atoms with Crippen LogP contribution in [0.3, 0.4) is 0 Å². The van der Waals surface area contributed by atoms with Crippen molar-refractivity contribution in [2.75, 3.05) is 6.26 Å². The van der Waals surface area contributed by atoms with E-state index in [1.807, 2.05) is 30.3 Å². The van der Waals surface area contributed by atoms with Gasteiger partial charge in [-0.2, -0.15) is 9.19 Å². The zero-order valence-electron chi connectivity index (χ0n) is 15.3. The van der Waals surface area contributed by atoms with Crippen molar-refractivity contribution in [1.82, 2.24) is 34.1 Å². The first-order valence-electron chi connectivity index (χ1n) is 8.77. The zero-order chi connectivity index (χ0) is 20.0. The van der Waals surface area contributed by atoms with Gasteiger partial charge in [0.2, 0.25) is 0 Å². The van der Waals surface area contributed by atoms with Gasteiger partial charge < -0.3 is 0 Å². The van der Waals surface area contributed by atoms with Crippen LogP contribution in [0.15, 0.2) is 61.1 Å². The highest BCUT2D eigenvalue weighted by Crippen LogP contribution is 2.21. The van der Waals surface area contributed by atoms with Crippen molar-refractivity contribution in [2.24, 2.45) is 0 Å². The second-order valence-corrected chi connectivity index (χ2v) is 8.52. The minimum absolute atomic E-state index is 0.500. The number of pyridine rings is 2. The summed E-state index contributed by atoms with van der Waals surface area (Å²) in [6.07, 6.45) is 5.77. The second-order valence-electron chi connectivity index (χ2n) is 6.68. The summed E-state index contributed by atoms with van der Waals surface area (Å²) >= 11 is 0. The molecular weight excluding hydrogens is 390 g/mol. The van der Waals surface area contributed by atoms with E-state index in [-0.39, 0.29) is 0 Å². The van der Waals surface area contributed by atoms with Gasteiger partial charge in [-0.3, -0.25) is 4.98 Å². The van der Waals surface area contributed by atoms with Crippen molar-refractivity contribution in [3.63, 3.8) is 0 Å². The van der Waals surface area contributed by atoms with Gasteiger partial charge in [-0.15, -0.1) is 5.10 Å². The smallest absolute Gasteiger partial charge is 0.250 e. The third-order valence-corrected chi connectivity index (χ3v) is 5.43. The van der Waals surface area contributed by atoms with Gasteiger partial charge in [-0.1, -0.05) is 17.3 Å². The molecule has 144 valence electrons. The molecule has 4 aromatic heterocycles. The molecule has 0 N–H and O–H groups in total. The van der Waals surface area contributed by atoms with E-state index in [4.69, 9.17) is 0 Å². The fraction of sp³-hybridized carbons (Fsp3) is 0.105. The van der Waals surface area contributed by atoms with Crippen LogP contribution < -0.4 is 0 Å². The van der Waals surface area contributed by atoms with Crippen LogP contribution in [0.4, 0.5) is 0 Å². The Morgan fingerprint density at radius 2 is 1.93 bits per heavy atom. The van der Waals surface area contributed by atoms with Crippen LogP contribution in [-0.4, -0.2) is 48.8 Å². The molecule has 0 radical (unpaired) electrons. The summed E-state index contributed by atoms with van der Waals surface area (Å²) in [5.41, 5.74) is 4.45. The Morgan fingerprint density at radius 1 is 1.07 bits per heavy atom. The predicted molar refractivity (Wildman–Crippen MR) is 108 cm³/mol. The molecule has 0 spiro atoms. The summed E-state index contributed by atoms with van der Waals surface area (Å²) in [5, 5.41) is 13.3.